The number of rotatable bonds is 7. The third-order valence-corrected chi connectivity index (χ3v) is 6.97. The summed E-state index contributed by atoms with van der Waals surface area (Å²) in [6.07, 6.45) is 3.16. The number of fused-ring (bicyclic) bond motifs is 1. The van der Waals surface area contributed by atoms with Crippen molar-refractivity contribution in [2.75, 3.05) is 13.2 Å². The van der Waals surface area contributed by atoms with Crippen LogP contribution in [0.4, 0.5) is 0 Å². The predicted molar refractivity (Wildman–Crippen MR) is 123 cm³/mol. The summed E-state index contributed by atoms with van der Waals surface area (Å²) in [4.78, 5) is 16.6. The van der Waals surface area contributed by atoms with Crippen molar-refractivity contribution in [1.82, 2.24) is 15.0 Å². The molecular formula is C23H22ClN3O5S. The summed E-state index contributed by atoms with van der Waals surface area (Å²) in [6.45, 7) is 2.84. The number of nitrogens with one attached hydrogen (secondary N) is 2. The number of pyridine rings is 1. The summed E-state index contributed by atoms with van der Waals surface area (Å²) >= 11 is 6.15. The zero-order chi connectivity index (χ0) is 23.4. The molecule has 1 aliphatic rings. The van der Waals surface area contributed by atoms with Crippen LogP contribution in [0.2, 0.25) is 5.02 Å². The molecule has 0 saturated heterocycles. The van der Waals surface area contributed by atoms with Gasteiger partial charge in [0.1, 0.15) is 18.1 Å². The van der Waals surface area contributed by atoms with Crippen LogP contribution in [0.15, 0.2) is 65.8 Å². The zero-order valence-corrected chi connectivity index (χ0v) is 19.3. The van der Waals surface area contributed by atoms with Crippen LogP contribution in [0.1, 0.15) is 34.5 Å². The van der Waals surface area contributed by atoms with E-state index in [4.69, 9.17) is 21.1 Å². The van der Waals surface area contributed by atoms with Gasteiger partial charge in [-0.2, -0.15) is 0 Å². The topological polar surface area (TPSA) is 107 Å². The van der Waals surface area contributed by atoms with E-state index >= 15 is 0 Å². The summed E-state index contributed by atoms with van der Waals surface area (Å²) in [5.41, 5.74) is 1.69. The van der Waals surface area contributed by atoms with E-state index in [0.29, 0.717) is 30.3 Å². The quantitative estimate of drug-likeness (QED) is 0.528. The minimum absolute atomic E-state index is 0.0186. The summed E-state index contributed by atoms with van der Waals surface area (Å²) in [5, 5.41) is 2.89. The van der Waals surface area contributed by atoms with Crippen LogP contribution in [0, 0.1) is 0 Å². The van der Waals surface area contributed by atoms with Gasteiger partial charge in [-0.25, -0.2) is 13.1 Å². The SMILES string of the molecule is C[C@@H](NC(=O)c1ccc(Cl)c(S(=O)(=O)NCc2cccnc2)c1)c1ccc2c(c1)OCCO2. The van der Waals surface area contributed by atoms with Gasteiger partial charge in [0.2, 0.25) is 10.0 Å². The number of carbonyl (C=O) groups is 1. The molecule has 172 valence electrons. The molecule has 2 heterocycles. The van der Waals surface area contributed by atoms with Crippen LogP contribution < -0.4 is 19.5 Å². The van der Waals surface area contributed by atoms with Gasteiger partial charge < -0.3 is 14.8 Å². The summed E-state index contributed by atoms with van der Waals surface area (Å²) in [7, 11) is -3.96. The highest BCUT2D eigenvalue weighted by atomic mass is 35.5. The zero-order valence-electron chi connectivity index (χ0n) is 17.7. The van der Waals surface area contributed by atoms with Gasteiger partial charge in [-0.15, -0.1) is 0 Å². The highest BCUT2D eigenvalue weighted by Gasteiger charge is 2.21. The maximum absolute atomic E-state index is 12.9. The van der Waals surface area contributed by atoms with E-state index < -0.39 is 15.9 Å². The number of carbonyl (C=O) groups excluding carboxylic acids is 1. The first-order valence-corrected chi connectivity index (χ1v) is 12.1. The molecule has 1 atom stereocenters. The van der Waals surface area contributed by atoms with E-state index in [2.05, 4.69) is 15.0 Å². The highest BCUT2D eigenvalue weighted by Crippen LogP contribution is 2.32. The Balaban J connectivity index is 1.49. The third-order valence-electron chi connectivity index (χ3n) is 5.09. The van der Waals surface area contributed by atoms with Crippen LogP contribution in [0.25, 0.3) is 0 Å². The first-order valence-electron chi connectivity index (χ1n) is 10.2. The summed E-state index contributed by atoms with van der Waals surface area (Å²) in [5.74, 6) is 0.854. The number of nitrogens with zero attached hydrogens (tertiary/aromatic N) is 1. The molecule has 2 aromatic carbocycles. The molecule has 2 N–H and O–H groups in total. The highest BCUT2D eigenvalue weighted by molar-refractivity contribution is 7.89. The van der Waals surface area contributed by atoms with E-state index in [-0.39, 0.29) is 28.1 Å². The first kappa shape index (κ1) is 23.0. The van der Waals surface area contributed by atoms with Crippen LogP contribution in [0.5, 0.6) is 11.5 Å². The molecule has 1 amide bonds. The Morgan fingerprint density at radius 3 is 2.67 bits per heavy atom. The number of hydrogen-bond acceptors (Lipinski definition) is 6. The van der Waals surface area contributed by atoms with Gasteiger partial charge in [0, 0.05) is 24.5 Å². The fourth-order valence-electron chi connectivity index (χ4n) is 3.30. The lowest BCUT2D eigenvalue weighted by molar-refractivity contribution is 0.0939. The van der Waals surface area contributed by atoms with Gasteiger partial charge in [0.15, 0.2) is 11.5 Å². The molecule has 0 unspecified atom stereocenters. The monoisotopic (exact) mass is 487 g/mol. The molecule has 1 aromatic heterocycles. The number of aromatic nitrogens is 1. The molecule has 0 bridgehead atoms. The lowest BCUT2D eigenvalue weighted by Gasteiger charge is -2.21. The largest absolute Gasteiger partial charge is 0.486 e. The van der Waals surface area contributed by atoms with Crippen molar-refractivity contribution in [3.05, 3.63) is 82.6 Å². The molecule has 0 aliphatic carbocycles. The van der Waals surface area contributed by atoms with Crippen molar-refractivity contribution in [3.63, 3.8) is 0 Å². The smallest absolute Gasteiger partial charge is 0.251 e. The van der Waals surface area contributed by atoms with E-state index in [9.17, 15) is 13.2 Å². The Bertz CT molecular complexity index is 1270. The number of hydrogen-bond donors (Lipinski definition) is 2. The van der Waals surface area contributed by atoms with Gasteiger partial charge in [0.25, 0.3) is 5.91 Å². The van der Waals surface area contributed by atoms with Crippen molar-refractivity contribution in [2.24, 2.45) is 0 Å². The minimum Gasteiger partial charge on any atom is -0.486 e. The molecule has 0 saturated carbocycles. The van der Waals surface area contributed by atoms with E-state index in [0.717, 1.165) is 5.56 Å². The average Bonchev–Trinajstić information content (AvgIpc) is 2.83. The molecule has 33 heavy (non-hydrogen) atoms. The van der Waals surface area contributed by atoms with Crippen molar-refractivity contribution in [2.45, 2.75) is 24.4 Å². The van der Waals surface area contributed by atoms with Gasteiger partial charge in [-0.1, -0.05) is 23.7 Å². The van der Waals surface area contributed by atoms with E-state index in [1.165, 1.54) is 18.2 Å². The van der Waals surface area contributed by atoms with Gasteiger partial charge in [0.05, 0.1) is 11.1 Å². The Hall–Kier alpha value is -3.14. The minimum atomic E-state index is -3.96. The first-order chi connectivity index (χ1) is 15.8. The van der Waals surface area contributed by atoms with Gasteiger partial charge >= 0.3 is 0 Å². The second-order valence-corrected chi connectivity index (χ2v) is 9.57. The Morgan fingerprint density at radius 2 is 1.91 bits per heavy atom. The van der Waals surface area contributed by atoms with Crippen molar-refractivity contribution in [1.29, 1.82) is 0 Å². The number of halogens is 1. The Labute approximate surface area is 197 Å². The molecule has 8 nitrogen and oxygen atoms in total. The van der Waals surface area contributed by atoms with E-state index in [1.54, 1.807) is 30.6 Å². The summed E-state index contributed by atoms with van der Waals surface area (Å²) in [6, 6.07) is 12.7. The van der Waals surface area contributed by atoms with Crippen molar-refractivity contribution in [3.8, 4) is 11.5 Å². The molecule has 4 rings (SSSR count). The molecule has 3 aromatic rings. The lowest BCUT2D eigenvalue weighted by Crippen LogP contribution is -2.28. The third kappa shape index (κ3) is 5.44. The lowest BCUT2D eigenvalue weighted by atomic mass is 10.1. The standard InChI is InChI=1S/C23H22ClN3O5S/c1-15(17-5-7-20-21(11-17)32-10-9-31-20)27-23(28)18-4-6-19(24)22(12-18)33(29,30)26-14-16-3-2-8-25-13-16/h2-8,11-13,15,26H,9-10,14H2,1H3,(H,27,28)/t15-/m1/s1. The maximum atomic E-state index is 12.9. The van der Waals surface area contributed by atoms with Crippen molar-refractivity contribution < 1.29 is 22.7 Å². The van der Waals surface area contributed by atoms with Gasteiger partial charge in [-0.05, 0) is 54.4 Å². The molecule has 10 heteroatoms. The molecule has 0 fully saturated rings. The number of benzene rings is 2. The van der Waals surface area contributed by atoms with Crippen molar-refractivity contribution >= 4 is 27.5 Å². The van der Waals surface area contributed by atoms with Crippen LogP contribution in [-0.4, -0.2) is 32.5 Å². The number of amides is 1. The van der Waals surface area contributed by atoms with E-state index in [1.807, 2.05) is 19.1 Å². The Kier molecular flexibility index (Phi) is 6.83. The van der Waals surface area contributed by atoms with Crippen LogP contribution >= 0.6 is 11.6 Å². The number of sulfonamides is 1. The van der Waals surface area contributed by atoms with Gasteiger partial charge in [-0.3, -0.25) is 9.78 Å². The molecule has 0 radical (unpaired) electrons. The molecule has 0 spiro atoms. The van der Waals surface area contributed by atoms with Crippen LogP contribution in [-0.2, 0) is 16.6 Å². The second-order valence-electron chi connectivity index (χ2n) is 7.43. The molecule has 1 aliphatic heterocycles. The predicted octanol–water partition coefficient (Wildman–Crippen LogP) is 3.48. The van der Waals surface area contributed by atoms with Crippen LogP contribution in [0.3, 0.4) is 0 Å². The molecular weight excluding hydrogens is 466 g/mol. The normalized spacial score (nSPS) is 13.9. The maximum Gasteiger partial charge on any atom is 0.251 e. The Morgan fingerprint density at radius 1 is 1.12 bits per heavy atom. The fourth-order valence-corrected chi connectivity index (χ4v) is 4.84. The number of ether oxygens (including phenoxy) is 2. The second kappa shape index (κ2) is 9.78. The average molecular weight is 488 g/mol. The summed E-state index contributed by atoms with van der Waals surface area (Å²) < 4.78 is 39.2. The fraction of sp³-hybridized carbons (Fsp3) is 0.217.